The normalized spacial score (nSPS) is 12.0. The summed E-state index contributed by atoms with van der Waals surface area (Å²) in [6.07, 6.45) is 5.01. The number of pyridine rings is 1. The maximum Gasteiger partial charge on any atom is 0.175 e. The standard InChI is InChI=1S/C21H20N2O2S/c1-16-8-11-18(15-22-16)21(23-19-6-4-3-5-7-19)14-17-9-12-20(13-10-17)26(2,24)25/h3-15,23H,1-2H3/b21-14-. The molecule has 0 spiro atoms. The van der Waals surface area contributed by atoms with E-state index >= 15 is 0 Å². The molecule has 1 N–H and O–H groups in total. The first kappa shape index (κ1) is 17.9. The number of aryl methyl sites for hydroxylation is 1. The number of benzene rings is 2. The van der Waals surface area contributed by atoms with Crippen LogP contribution in [0.1, 0.15) is 16.8 Å². The Bertz CT molecular complexity index is 1010. The lowest BCUT2D eigenvalue weighted by Crippen LogP contribution is -2.00. The summed E-state index contributed by atoms with van der Waals surface area (Å²) in [5, 5.41) is 3.41. The summed E-state index contributed by atoms with van der Waals surface area (Å²) >= 11 is 0. The smallest absolute Gasteiger partial charge is 0.175 e. The fourth-order valence-electron chi connectivity index (χ4n) is 2.47. The first-order valence-electron chi connectivity index (χ1n) is 8.19. The quantitative estimate of drug-likeness (QED) is 0.729. The van der Waals surface area contributed by atoms with Crippen LogP contribution in [0.5, 0.6) is 0 Å². The van der Waals surface area contributed by atoms with Crippen molar-refractivity contribution in [3.05, 3.63) is 89.7 Å². The van der Waals surface area contributed by atoms with Crippen LogP contribution in [0.25, 0.3) is 11.8 Å². The summed E-state index contributed by atoms with van der Waals surface area (Å²) in [7, 11) is -3.20. The molecule has 0 saturated heterocycles. The van der Waals surface area contributed by atoms with Crippen molar-refractivity contribution in [2.45, 2.75) is 11.8 Å². The predicted molar refractivity (Wildman–Crippen MR) is 106 cm³/mol. The van der Waals surface area contributed by atoms with Crippen LogP contribution in [0.2, 0.25) is 0 Å². The maximum absolute atomic E-state index is 11.6. The zero-order valence-electron chi connectivity index (χ0n) is 14.7. The molecule has 0 unspecified atom stereocenters. The summed E-state index contributed by atoms with van der Waals surface area (Å²) in [5.41, 5.74) is 4.65. The van der Waals surface area contributed by atoms with E-state index in [-0.39, 0.29) is 0 Å². The molecule has 1 aromatic heterocycles. The van der Waals surface area contributed by atoms with Gasteiger partial charge in [-0.3, -0.25) is 4.98 Å². The van der Waals surface area contributed by atoms with Gasteiger partial charge in [0.25, 0.3) is 0 Å². The average molecular weight is 364 g/mol. The lowest BCUT2D eigenvalue weighted by molar-refractivity contribution is 0.602. The zero-order chi connectivity index (χ0) is 18.6. The van der Waals surface area contributed by atoms with Crippen molar-refractivity contribution in [3.63, 3.8) is 0 Å². The third-order valence-electron chi connectivity index (χ3n) is 3.89. The van der Waals surface area contributed by atoms with Gasteiger partial charge < -0.3 is 5.32 Å². The van der Waals surface area contributed by atoms with E-state index in [0.29, 0.717) is 4.90 Å². The van der Waals surface area contributed by atoms with Gasteiger partial charge in [0.05, 0.1) is 4.90 Å². The molecule has 132 valence electrons. The number of hydrogen-bond donors (Lipinski definition) is 1. The van der Waals surface area contributed by atoms with Gasteiger partial charge in [-0.1, -0.05) is 30.3 Å². The molecule has 0 amide bonds. The highest BCUT2D eigenvalue weighted by Crippen LogP contribution is 2.22. The van der Waals surface area contributed by atoms with Crippen molar-refractivity contribution >= 4 is 27.3 Å². The summed E-state index contributed by atoms with van der Waals surface area (Å²) in [5.74, 6) is 0. The molecule has 0 aliphatic carbocycles. The van der Waals surface area contributed by atoms with Crippen molar-refractivity contribution in [2.24, 2.45) is 0 Å². The third-order valence-corrected chi connectivity index (χ3v) is 5.02. The first-order valence-corrected chi connectivity index (χ1v) is 10.1. The van der Waals surface area contributed by atoms with Gasteiger partial charge in [-0.25, -0.2) is 8.42 Å². The van der Waals surface area contributed by atoms with Gasteiger partial charge in [-0.2, -0.15) is 0 Å². The summed E-state index contributed by atoms with van der Waals surface area (Å²) < 4.78 is 23.2. The monoisotopic (exact) mass is 364 g/mol. The van der Waals surface area contributed by atoms with Gasteiger partial charge >= 0.3 is 0 Å². The van der Waals surface area contributed by atoms with Crippen molar-refractivity contribution in [1.82, 2.24) is 4.98 Å². The number of sulfone groups is 1. The average Bonchev–Trinajstić information content (AvgIpc) is 2.62. The van der Waals surface area contributed by atoms with E-state index < -0.39 is 9.84 Å². The molecule has 26 heavy (non-hydrogen) atoms. The predicted octanol–water partition coefficient (Wildman–Crippen LogP) is 4.40. The Kier molecular flexibility index (Phi) is 5.19. The second-order valence-corrected chi connectivity index (χ2v) is 8.09. The molecule has 0 fully saturated rings. The number of rotatable bonds is 5. The van der Waals surface area contributed by atoms with Crippen molar-refractivity contribution in [2.75, 3.05) is 11.6 Å². The number of hydrogen-bond acceptors (Lipinski definition) is 4. The molecule has 2 aromatic carbocycles. The fourth-order valence-corrected chi connectivity index (χ4v) is 3.10. The molecule has 0 bridgehead atoms. The van der Waals surface area contributed by atoms with E-state index in [1.807, 2.05) is 61.7 Å². The van der Waals surface area contributed by atoms with Crippen LogP contribution in [0.15, 0.2) is 77.8 Å². The molecule has 1 heterocycles. The molecule has 0 atom stereocenters. The number of para-hydroxylation sites is 1. The van der Waals surface area contributed by atoms with Crippen LogP contribution in [-0.4, -0.2) is 19.7 Å². The zero-order valence-corrected chi connectivity index (χ0v) is 15.5. The summed E-state index contributed by atoms with van der Waals surface area (Å²) in [6, 6.07) is 20.7. The number of nitrogens with zero attached hydrogens (tertiary/aromatic N) is 1. The molecule has 5 heteroatoms. The Balaban J connectivity index is 1.99. The fraction of sp³-hybridized carbons (Fsp3) is 0.0952. The molecular formula is C21H20N2O2S. The van der Waals surface area contributed by atoms with Gasteiger partial charge in [-0.05, 0) is 55.0 Å². The minimum atomic E-state index is -3.20. The highest BCUT2D eigenvalue weighted by molar-refractivity contribution is 7.90. The first-order chi connectivity index (χ1) is 12.4. The number of aromatic nitrogens is 1. The Morgan fingerprint density at radius 2 is 1.65 bits per heavy atom. The van der Waals surface area contributed by atoms with Crippen molar-refractivity contribution in [1.29, 1.82) is 0 Å². The van der Waals surface area contributed by atoms with Gasteiger partial charge in [-0.15, -0.1) is 0 Å². The van der Waals surface area contributed by atoms with E-state index in [0.717, 1.165) is 28.2 Å². The Morgan fingerprint density at radius 1 is 0.962 bits per heavy atom. The second-order valence-electron chi connectivity index (χ2n) is 6.08. The second kappa shape index (κ2) is 7.54. The largest absolute Gasteiger partial charge is 0.355 e. The summed E-state index contributed by atoms with van der Waals surface area (Å²) in [4.78, 5) is 4.68. The van der Waals surface area contributed by atoms with Crippen molar-refractivity contribution < 1.29 is 8.42 Å². The minimum absolute atomic E-state index is 0.309. The van der Waals surface area contributed by atoms with Gasteiger partial charge in [0, 0.05) is 35.1 Å². The van der Waals surface area contributed by atoms with Crippen LogP contribution in [0, 0.1) is 6.92 Å². The maximum atomic E-state index is 11.6. The van der Waals surface area contributed by atoms with Crippen molar-refractivity contribution in [3.8, 4) is 0 Å². The molecule has 4 nitrogen and oxygen atoms in total. The van der Waals surface area contributed by atoms with E-state index in [9.17, 15) is 8.42 Å². The lowest BCUT2D eigenvalue weighted by atomic mass is 10.1. The molecule has 3 rings (SSSR count). The number of nitrogens with one attached hydrogen (secondary N) is 1. The Hall–Kier alpha value is -2.92. The number of anilines is 1. The SMILES string of the molecule is Cc1ccc(/C(=C/c2ccc(S(C)(=O)=O)cc2)Nc2ccccc2)cn1. The van der Waals surface area contributed by atoms with Gasteiger partial charge in [0.15, 0.2) is 9.84 Å². The van der Waals surface area contributed by atoms with Crippen LogP contribution in [0.4, 0.5) is 5.69 Å². The molecule has 3 aromatic rings. The molecule has 0 aliphatic rings. The summed E-state index contributed by atoms with van der Waals surface area (Å²) in [6.45, 7) is 1.95. The molecular weight excluding hydrogens is 344 g/mol. The van der Waals surface area contributed by atoms with Crippen LogP contribution < -0.4 is 5.32 Å². The van der Waals surface area contributed by atoms with Crippen LogP contribution >= 0.6 is 0 Å². The Morgan fingerprint density at radius 3 is 2.23 bits per heavy atom. The van der Waals surface area contributed by atoms with Crippen LogP contribution in [0.3, 0.4) is 0 Å². The van der Waals surface area contributed by atoms with Gasteiger partial charge in [0.2, 0.25) is 0 Å². The molecule has 0 radical (unpaired) electrons. The van der Waals surface area contributed by atoms with E-state index in [1.54, 1.807) is 24.3 Å². The van der Waals surface area contributed by atoms with Gasteiger partial charge in [0.1, 0.15) is 0 Å². The van der Waals surface area contributed by atoms with E-state index in [4.69, 9.17) is 0 Å². The highest BCUT2D eigenvalue weighted by atomic mass is 32.2. The molecule has 0 aliphatic heterocycles. The van der Waals surface area contributed by atoms with Crippen LogP contribution in [-0.2, 0) is 9.84 Å². The topological polar surface area (TPSA) is 59.1 Å². The molecule has 0 saturated carbocycles. The minimum Gasteiger partial charge on any atom is -0.355 e. The third kappa shape index (κ3) is 4.58. The highest BCUT2D eigenvalue weighted by Gasteiger charge is 2.07. The van der Waals surface area contributed by atoms with E-state index in [1.165, 1.54) is 6.26 Å². The lowest BCUT2D eigenvalue weighted by Gasteiger charge is -2.12. The Labute approximate surface area is 154 Å². The van der Waals surface area contributed by atoms with E-state index in [2.05, 4.69) is 10.3 Å².